The van der Waals surface area contributed by atoms with E-state index in [0.29, 0.717) is 5.56 Å². The lowest BCUT2D eigenvalue weighted by Crippen LogP contribution is -2.29. The summed E-state index contributed by atoms with van der Waals surface area (Å²) in [5, 5.41) is 21.6. The third-order valence-corrected chi connectivity index (χ3v) is 6.32. The van der Waals surface area contributed by atoms with Crippen molar-refractivity contribution in [1.29, 1.82) is 0 Å². The number of aliphatic hydroxyl groups excluding tert-OH is 1. The Kier molecular flexibility index (Phi) is 7.42. The third kappa shape index (κ3) is 4.85. The van der Waals surface area contributed by atoms with E-state index in [1.807, 2.05) is 0 Å². The molecule has 1 unspecified atom stereocenters. The van der Waals surface area contributed by atoms with Crippen molar-refractivity contribution in [3.8, 4) is 11.5 Å². The van der Waals surface area contributed by atoms with Gasteiger partial charge in [-0.25, -0.2) is 4.79 Å². The largest absolute Gasteiger partial charge is 0.508 e. The number of rotatable bonds is 6. The molecule has 1 saturated heterocycles. The van der Waals surface area contributed by atoms with Crippen molar-refractivity contribution in [2.75, 3.05) is 18.6 Å². The summed E-state index contributed by atoms with van der Waals surface area (Å²) in [7, 11) is 1.38. The molecule has 1 aliphatic heterocycles. The number of carbonyl (C=O) groups excluding carboxylic acids is 3. The molecular weight excluding hydrogens is 521 g/mol. The number of hydrogen-bond acceptors (Lipinski definition) is 7. The number of esters is 1. The Balaban J connectivity index is 1.90. The van der Waals surface area contributed by atoms with Gasteiger partial charge in [-0.05, 0) is 61.0 Å². The number of hydrogen-bond donors (Lipinski definition) is 2. The quantitative estimate of drug-likeness (QED) is 0.183. The zero-order chi connectivity index (χ0) is 26.9. The van der Waals surface area contributed by atoms with Gasteiger partial charge in [-0.1, -0.05) is 35.3 Å². The second kappa shape index (κ2) is 10.5. The summed E-state index contributed by atoms with van der Waals surface area (Å²) in [5.41, 5.74) is 0.770. The van der Waals surface area contributed by atoms with Crippen LogP contribution in [0.25, 0.3) is 5.76 Å². The van der Waals surface area contributed by atoms with E-state index >= 15 is 0 Å². The van der Waals surface area contributed by atoms with Gasteiger partial charge in [0, 0.05) is 11.3 Å². The predicted molar refractivity (Wildman–Crippen MR) is 138 cm³/mol. The van der Waals surface area contributed by atoms with Crippen LogP contribution in [0.15, 0.2) is 66.2 Å². The van der Waals surface area contributed by atoms with Crippen LogP contribution in [0, 0.1) is 0 Å². The van der Waals surface area contributed by atoms with E-state index in [4.69, 9.17) is 32.7 Å². The summed E-state index contributed by atoms with van der Waals surface area (Å²) < 4.78 is 10.1. The third-order valence-electron chi connectivity index (χ3n) is 5.76. The van der Waals surface area contributed by atoms with Crippen LogP contribution in [0.5, 0.6) is 11.5 Å². The summed E-state index contributed by atoms with van der Waals surface area (Å²) in [5.74, 6) is -2.83. The van der Waals surface area contributed by atoms with Crippen LogP contribution in [0.3, 0.4) is 0 Å². The second-order valence-corrected chi connectivity index (χ2v) is 8.82. The smallest absolute Gasteiger partial charge is 0.338 e. The summed E-state index contributed by atoms with van der Waals surface area (Å²) in [6.07, 6.45) is 0. The van der Waals surface area contributed by atoms with Gasteiger partial charge in [0.1, 0.15) is 11.5 Å². The van der Waals surface area contributed by atoms with Crippen molar-refractivity contribution in [3.63, 3.8) is 0 Å². The molecule has 1 amide bonds. The molecule has 1 fully saturated rings. The minimum Gasteiger partial charge on any atom is -0.508 e. The van der Waals surface area contributed by atoms with E-state index < -0.39 is 29.5 Å². The van der Waals surface area contributed by atoms with Crippen LogP contribution < -0.4 is 9.64 Å². The van der Waals surface area contributed by atoms with Gasteiger partial charge < -0.3 is 19.7 Å². The Morgan fingerprint density at radius 3 is 2.22 bits per heavy atom. The van der Waals surface area contributed by atoms with Gasteiger partial charge >= 0.3 is 5.97 Å². The number of benzene rings is 3. The van der Waals surface area contributed by atoms with Crippen LogP contribution >= 0.6 is 23.2 Å². The Labute approximate surface area is 222 Å². The van der Waals surface area contributed by atoms with Gasteiger partial charge in [0.15, 0.2) is 5.75 Å². The minimum atomic E-state index is -1.11. The topological polar surface area (TPSA) is 113 Å². The number of aliphatic hydroxyl groups is 1. The Morgan fingerprint density at radius 1 is 1.00 bits per heavy atom. The van der Waals surface area contributed by atoms with Crippen LogP contribution in [0.4, 0.5) is 5.69 Å². The molecule has 4 rings (SSSR count). The maximum absolute atomic E-state index is 13.3. The number of methoxy groups -OCH3 is 1. The average Bonchev–Trinajstić information content (AvgIpc) is 3.14. The SMILES string of the molecule is CCOC(=O)c1ccc(N2C(=O)C(=O)/C(=C(/O)c3cc(Cl)c(OC)c(Cl)c3)C2c2cccc(O)c2)cc1. The number of halogens is 2. The van der Waals surface area contributed by atoms with Crippen molar-refractivity contribution in [2.24, 2.45) is 0 Å². The van der Waals surface area contributed by atoms with E-state index in [-0.39, 0.29) is 50.5 Å². The molecule has 0 bridgehead atoms. The molecule has 3 aromatic carbocycles. The zero-order valence-corrected chi connectivity index (χ0v) is 21.2. The van der Waals surface area contributed by atoms with E-state index in [0.717, 1.165) is 0 Å². The van der Waals surface area contributed by atoms with Crippen LogP contribution in [-0.2, 0) is 14.3 Å². The monoisotopic (exact) mass is 541 g/mol. The van der Waals surface area contributed by atoms with E-state index in [9.17, 15) is 24.6 Å². The molecule has 1 heterocycles. The number of carbonyl (C=O) groups is 3. The molecule has 1 aliphatic rings. The molecule has 190 valence electrons. The predicted octanol–water partition coefficient (Wildman–Crippen LogP) is 5.51. The lowest BCUT2D eigenvalue weighted by atomic mass is 9.95. The lowest BCUT2D eigenvalue weighted by Gasteiger charge is -2.25. The molecule has 3 aromatic rings. The van der Waals surface area contributed by atoms with Gasteiger partial charge in [-0.15, -0.1) is 0 Å². The maximum Gasteiger partial charge on any atom is 0.338 e. The van der Waals surface area contributed by atoms with E-state index in [1.165, 1.54) is 60.5 Å². The fraction of sp³-hybridized carbons (Fsp3) is 0.148. The summed E-state index contributed by atoms with van der Waals surface area (Å²) in [6, 6.07) is 13.5. The molecule has 0 aliphatic carbocycles. The summed E-state index contributed by atoms with van der Waals surface area (Å²) in [4.78, 5) is 39.8. The highest BCUT2D eigenvalue weighted by Gasteiger charge is 2.47. The number of anilines is 1. The Morgan fingerprint density at radius 2 is 1.65 bits per heavy atom. The normalized spacial score (nSPS) is 16.6. The minimum absolute atomic E-state index is 0.0919. The first-order valence-corrected chi connectivity index (χ1v) is 11.8. The second-order valence-electron chi connectivity index (χ2n) is 8.00. The van der Waals surface area contributed by atoms with Crippen LogP contribution in [0.2, 0.25) is 10.0 Å². The van der Waals surface area contributed by atoms with Crippen molar-refractivity contribution < 1.29 is 34.1 Å². The number of phenolic OH excluding ortho intramolecular Hbond substituents is 1. The van der Waals surface area contributed by atoms with Gasteiger partial charge in [0.25, 0.3) is 11.7 Å². The first-order chi connectivity index (χ1) is 17.7. The highest BCUT2D eigenvalue weighted by Crippen LogP contribution is 2.44. The Hall–Kier alpha value is -4.01. The number of aromatic hydroxyl groups is 1. The van der Waals surface area contributed by atoms with Crippen molar-refractivity contribution in [1.82, 2.24) is 0 Å². The molecule has 0 radical (unpaired) electrons. The molecular formula is C27H21Cl2NO7. The van der Waals surface area contributed by atoms with Crippen LogP contribution in [-0.4, -0.2) is 41.6 Å². The highest BCUT2D eigenvalue weighted by molar-refractivity contribution is 6.51. The molecule has 0 saturated carbocycles. The lowest BCUT2D eigenvalue weighted by molar-refractivity contribution is -0.132. The van der Waals surface area contributed by atoms with Gasteiger partial charge in [-0.2, -0.15) is 0 Å². The maximum atomic E-state index is 13.3. The molecule has 37 heavy (non-hydrogen) atoms. The molecule has 0 spiro atoms. The average molecular weight is 542 g/mol. The van der Waals surface area contributed by atoms with Crippen LogP contribution in [0.1, 0.15) is 34.5 Å². The number of phenols is 1. The first-order valence-electron chi connectivity index (χ1n) is 11.1. The van der Waals surface area contributed by atoms with Gasteiger partial charge in [-0.3, -0.25) is 14.5 Å². The fourth-order valence-electron chi connectivity index (χ4n) is 4.13. The molecule has 10 heteroatoms. The molecule has 8 nitrogen and oxygen atoms in total. The van der Waals surface area contributed by atoms with Gasteiger partial charge in [0.05, 0.1) is 40.9 Å². The zero-order valence-electron chi connectivity index (χ0n) is 19.7. The molecule has 1 atom stereocenters. The highest BCUT2D eigenvalue weighted by atomic mass is 35.5. The number of nitrogens with zero attached hydrogens (tertiary/aromatic N) is 1. The summed E-state index contributed by atoms with van der Waals surface area (Å²) >= 11 is 12.5. The standard InChI is InChI=1S/C27H21Cl2NO7/c1-3-37-27(35)14-7-9-17(10-8-14)30-22(15-5-4-6-18(31)11-15)21(24(33)26(30)34)23(32)16-12-19(28)25(36-2)20(29)13-16/h4-13,22,31-32H,3H2,1-2H3/b23-21+. The number of Topliss-reactive ketones (excluding diaryl/α,β-unsaturated/α-hetero) is 1. The number of ketones is 1. The van der Waals surface area contributed by atoms with Crippen molar-refractivity contribution in [2.45, 2.75) is 13.0 Å². The van der Waals surface area contributed by atoms with Gasteiger partial charge in [0.2, 0.25) is 0 Å². The fourth-order valence-corrected chi connectivity index (χ4v) is 4.77. The molecule has 0 aromatic heterocycles. The van der Waals surface area contributed by atoms with E-state index in [2.05, 4.69) is 0 Å². The van der Waals surface area contributed by atoms with Crippen molar-refractivity contribution >= 4 is 52.3 Å². The number of ether oxygens (including phenoxy) is 2. The molecule has 2 N–H and O–H groups in total. The van der Waals surface area contributed by atoms with Crippen molar-refractivity contribution in [3.05, 3.63) is 93.0 Å². The number of amides is 1. The first kappa shape index (κ1) is 26.1. The Bertz CT molecular complexity index is 1410. The van der Waals surface area contributed by atoms with E-state index in [1.54, 1.807) is 19.1 Å². The summed E-state index contributed by atoms with van der Waals surface area (Å²) in [6.45, 7) is 1.89.